The number of sulfonamides is 1. The first-order valence-corrected chi connectivity index (χ1v) is 13.2. The number of hydrogen-bond acceptors (Lipinski definition) is 7. The summed E-state index contributed by atoms with van der Waals surface area (Å²) in [6.07, 6.45) is 1.37. The lowest BCUT2D eigenvalue weighted by atomic mass is 10.2. The molecule has 4 aromatic rings. The van der Waals surface area contributed by atoms with Gasteiger partial charge in [0.1, 0.15) is 15.6 Å². The molecule has 10 heteroatoms. The van der Waals surface area contributed by atoms with E-state index >= 15 is 0 Å². The smallest absolute Gasteiger partial charge is 0.265 e. The number of nitrogens with one attached hydrogen (secondary N) is 1. The lowest BCUT2D eigenvalue weighted by Crippen LogP contribution is -2.30. The zero-order valence-electron chi connectivity index (χ0n) is 17.8. The number of benzene rings is 1. The van der Waals surface area contributed by atoms with E-state index in [-0.39, 0.29) is 10.5 Å². The number of nitrogens with zero attached hydrogens (tertiary/aromatic N) is 3. The minimum absolute atomic E-state index is 0.130. The normalized spacial score (nSPS) is 11.7. The van der Waals surface area contributed by atoms with Crippen molar-refractivity contribution in [3.8, 4) is 0 Å². The zero-order valence-corrected chi connectivity index (χ0v) is 20.3. The van der Waals surface area contributed by atoms with E-state index in [9.17, 15) is 13.2 Å². The van der Waals surface area contributed by atoms with Crippen molar-refractivity contribution in [2.75, 3.05) is 10.8 Å². The molecule has 32 heavy (non-hydrogen) atoms. The van der Waals surface area contributed by atoms with Crippen molar-refractivity contribution >= 4 is 49.0 Å². The summed E-state index contributed by atoms with van der Waals surface area (Å²) >= 11 is 2.89. The molecule has 3 aromatic heterocycles. The van der Waals surface area contributed by atoms with Crippen LogP contribution in [0.2, 0.25) is 0 Å². The minimum Gasteiger partial charge on any atom is -0.309 e. The van der Waals surface area contributed by atoms with Gasteiger partial charge in [-0.05, 0) is 50.6 Å². The maximum Gasteiger partial charge on any atom is 0.265 e. The molecule has 0 amide bonds. The Labute approximate surface area is 194 Å². The molecule has 0 aliphatic heterocycles. The Morgan fingerprint density at radius 1 is 1.12 bits per heavy atom. The van der Waals surface area contributed by atoms with Gasteiger partial charge >= 0.3 is 0 Å². The number of aromatic amines is 1. The summed E-state index contributed by atoms with van der Waals surface area (Å²) in [5.74, 6) is 0.985. The monoisotopic (exact) mass is 486 g/mol. The molecule has 0 bridgehead atoms. The second kappa shape index (κ2) is 9.05. The number of anilines is 1. The molecule has 4 rings (SSSR count). The van der Waals surface area contributed by atoms with Gasteiger partial charge in [0, 0.05) is 17.6 Å². The van der Waals surface area contributed by atoms with Crippen molar-refractivity contribution in [1.82, 2.24) is 15.0 Å². The third-order valence-electron chi connectivity index (χ3n) is 5.07. The Kier molecular flexibility index (Phi) is 6.36. The summed E-state index contributed by atoms with van der Waals surface area (Å²) in [5, 5.41) is 1.29. The number of para-hydroxylation sites is 1. The molecule has 0 fully saturated rings. The van der Waals surface area contributed by atoms with Crippen LogP contribution in [0, 0.1) is 13.8 Å². The van der Waals surface area contributed by atoms with Gasteiger partial charge in [-0.2, -0.15) is 0 Å². The van der Waals surface area contributed by atoms with E-state index in [4.69, 9.17) is 0 Å². The molecule has 7 nitrogen and oxygen atoms in total. The Morgan fingerprint density at radius 3 is 2.53 bits per heavy atom. The van der Waals surface area contributed by atoms with Crippen LogP contribution in [0.4, 0.5) is 5.69 Å². The maximum absolute atomic E-state index is 13.1. The standard InChI is InChI=1S/C22H22N4O3S3/c1-4-26(16-8-6-5-7-9-16)32(28,29)17-10-11-19(23-12-17)30-13-18-24-21(27)20-14(2)15(3)31-22(20)25-18/h5-12H,4,13H2,1-3H3,(H,24,25,27). The fourth-order valence-corrected chi connectivity index (χ4v) is 6.51. The van der Waals surface area contributed by atoms with Crippen LogP contribution in [0.1, 0.15) is 23.2 Å². The van der Waals surface area contributed by atoms with E-state index in [0.29, 0.717) is 34.2 Å². The van der Waals surface area contributed by atoms with Crippen molar-refractivity contribution in [2.45, 2.75) is 36.4 Å². The van der Waals surface area contributed by atoms with Gasteiger partial charge in [0.2, 0.25) is 0 Å². The number of thioether (sulfide) groups is 1. The van der Waals surface area contributed by atoms with Crippen LogP contribution in [0.3, 0.4) is 0 Å². The van der Waals surface area contributed by atoms with E-state index < -0.39 is 10.0 Å². The van der Waals surface area contributed by atoms with Crippen molar-refractivity contribution in [2.24, 2.45) is 0 Å². The van der Waals surface area contributed by atoms with Crippen LogP contribution in [0.5, 0.6) is 0 Å². The first-order chi connectivity index (χ1) is 15.3. The molecule has 1 aromatic carbocycles. The molecule has 0 radical (unpaired) electrons. The van der Waals surface area contributed by atoms with Gasteiger partial charge in [-0.25, -0.2) is 18.4 Å². The number of aryl methyl sites for hydroxylation is 2. The first-order valence-electron chi connectivity index (χ1n) is 9.96. The number of aromatic nitrogens is 3. The molecular formula is C22H22N4O3S3. The second-order valence-corrected chi connectivity index (χ2v) is 11.2. The predicted octanol–water partition coefficient (Wildman–Crippen LogP) is 4.50. The van der Waals surface area contributed by atoms with Crippen LogP contribution >= 0.6 is 23.1 Å². The van der Waals surface area contributed by atoms with E-state index in [1.54, 1.807) is 43.3 Å². The van der Waals surface area contributed by atoms with Crippen LogP contribution in [-0.2, 0) is 15.8 Å². The maximum atomic E-state index is 13.1. The summed E-state index contributed by atoms with van der Waals surface area (Å²) in [6, 6.07) is 12.2. The average Bonchev–Trinajstić information content (AvgIpc) is 3.07. The first kappa shape index (κ1) is 22.5. The zero-order chi connectivity index (χ0) is 22.9. The Hall–Kier alpha value is -2.69. The molecule has 0 aliphatic rings. The van der Waals surface area contributed by atoms with Gasteiger partial charge in [-0.3, -0.25) is 9.10 Å². The third-order valence-corrected chi connectivity index (χ3v) is 9.02. The predicted molar refractivity (Wildman–Crippen MR) is 130 cm³/mol. The molecular weight excluding hydrogens is 464 g/mol. The topological polar surface area (TPSA) is 96.0 Å². The van der Waals surface area contributed by atoms with Crippen LogP contribution in [0.15, 0.2) is 63.4 Å². The molecule has 3 heterocycles. The van der Waals surface area contributed by atoms with Crippen molar-refractivity contribution in [3.05, 3.63) is 75.3 Å². The average molecular weight is 487 g/mol. The molecule has 0 unspecified atom stereocenters. The molecule has 166 valence electrons. The molecule has 0 aliphatic carbocycles. The van der Waals surface area contributed by atoms with Crippen LogP contribution < -0.4 is 9.86 Å². The number of H-pyrrole nitrogens is 1. The van der Waals surface area contributed by atoms with Gasteiger partial charge in [0.25, 0.3) is 15.6 Å². The van der Waals surface area contributed by atoms with Crippen molar-refractivity contribution < 1.29 is 8.42 Å². The highest BCUT2D eigenvalue weighted by atomic mass is 32.2. The highest BCUT2D eigenvalue weighted by Gasteiger charge is 2.24. The summed E-state index contributed by atoms with van der Waals surface area (Å²) < 4.78 is 27.5. The summed E-state index contributed by atoms with van der Waals surface area (Å²) in [6.45, 7) is 6.01. The molecule has 0 saturated carbocycles. The van der Waals surface area contributed by atoms with Crippen LogP contribution in [-0.4, -0.2) is 29.9 Å². The lowest BCUT2D eigenvalue weighted by Gasteiger charge is -2.22. The van der Waals surface area contributed by atoms with E-state index in [1.807, 2.05) is 19.9 Å². The van der Waals surface area contributed by atoms with Gasteiger partial charge in [-0.1, -0.05) is 30.0 Å². The summed E-state index contributed by atoms with van der Waals surface area (Å²) in [4.78, 5) is 26.1. The van der Waals surface area contributed by atoms with Crippen molar-refractivity contribution in [3.63, 3.8) is 0 Å². The third kappa shape index (κ3) is 4.30. The molecule has 0 atom stereocenters. The van der Waals surface area contributed by atoms with Gasteiger partial charge in [0.05, 0.1) is 21.9 Å². The molecule has 1 N–H and O–H groups in total. The summed E-state index contributed by atoms with van der Waals surface area (Å²) in [5.41, 5.74) is 1.44. The highest BCUT2D eigenvalue weighted by molar-refractivity contribution is 7.98. The largest absolute Gasteiger partial charge is 0.309 e. The number of hydrogen-bond donors (Lipinski definition) is 1. The second-order valence-electron chi connectivity index (χ2n) is 7.10. The molecule has 0 spiro atoms. The van der Waals surface area contributed by atoms with E-state index in [2.05, 4.69) is 15.0 Å². The van der Waals surface area contributed by atoms with Crippen molar-refractivity contribution in [1.29, 1.82) is 0 Å². The van der Waals surface area contributed by atoms with Crippen LogP contribution in [0.25, 0.3) is 10.2 Å². The SMILES string of the molecule is CCN(c1ccccc1)S(=O)(=O)c1ccc(SCc2nc3sc(C)c(C)c3c(=O)[nH]2)nc1. The fraction of sp³-hybridized carbons (Fsp3) is 0.227. The Morgan fingerprint density at radius 2 is 1.88 bits per heavy atom. The van der Waals surface area contributed by atoms with E-state index in [0.717, 1.165) is 15.3 Å². The number of rotatable bonds is 7. The number of thiophene rings is 1. The number of pyridine rings is 1. The minimum atomic E-state index is -3.72. The summed E-state index contributed by atoms with van der Waals surface area (Å²) in [7, 11) is -3.72. The Bertz CT molecular complexity index is 1410. The van der Waals surface area contributed by atoms with Gasteiger partial charge in [-0.15, -0.1) is 11.3 Å². The highest BCUT2D eigenvalue weighted by Crippen LogP contribution is 2.28. The van der Waals surface area contributed by atoms with E-state index in [1.165, 1.54) is 33.6 Å². The quantitative estimate of drug-likeness (QED) is 0.386. The fourth-order valence-electron chi connectivity index (χ4n) is 3.33. The lowest BCUT2D eigenvalue weighted by molar-refractivity contribution is 0.591. The number of fused-ring (bicyclic) bond motifs is 1. The van der Waals surface area contributed by atoms with Gasteiger partial charge in [0.15, 0.2) is 0 Å². The molecule has 0 saturated heterocycles. The Balaban J connectivity index is 1.52. The van der Waals surface area contributed by atoms with Gasteiger partial charge < -0.3 is 4.98 Å².